The molecule has 13 aromatic carbocycles. The lowest BCUT2D eigenvalue weighted by molar-refractivity contribution is 1.17. The van der Waals surface area contributed by atoms with Crippen molar-refractivity contribution in [1.82, 2.24) is 9.13 Å². The van der Waals surface area contributed by atoms with Crippen molar-refractivity contribution in [3.63, 3.8) is 0 Å². The summed E-state index contributed by atoms with van der Waals surface area (Å²) in [6.45, 7) is 2.18. The molecule has 4 aliphatic rings. The first-order valence-electron chi connectivity index (χ1n) is 30.0. The highest BCUT2D eigenvalue weighted by Crippen LogP contribution is 2.53. The molecule has 0 amide bonds. The molecular weight excluding hydrogens is 1040 g/mol. The highest BCUT2D eigenvalue weighted by Gasteiger charge is 2.49. The SMILES string of the molecule is Cc1c2c(cc3c1N(c1ccccc1)c1cc(N(c4ccccc4)c4ccccc4)c4c5ccccc5n5c4c1B3c1ccc(-c3ccccc3)cc1-5)B1c3ccccc3-n3c4ccccc4c4c(-c5ccccc5)cc(c1c43)N2c1ccccc1. The maximum atomic E-state index is 2.68. The summed E-state index contributed by atoms with van der Waals surface area (Å²) in [5.41, 5.74) is 31.6. The lowest BCUT2D eigenvalue weighted by atomic mass is 9.30. The van der Waals surface area contributed by atoms with Crippen molar-refractivity contribution in [2.24, 2.45) is 0 Å². The third-order valence-corrected chi connectivity index (χ3v) is 19.1. The third kappa shape index (κ3) is 6.41. The Morgan fingerprint density at radius 2 is 0.779 bits per heavy atom. The predicted octanol–water partition coefficient (Wildman–Crippen LogP) is 16.2. The van der Waals surface area contributed by atoms with Crippen LogP contribution in [0.25, 0.3) is 77.2 Å². The number of fused-ring (bicyclic) bond motifs is 16. The summed E-state index contributed by atoms with van der Waals surface area (Å²) in [5.74, 6) is 0. The zero-order chi connectivity index (χ0) is 56.3. The molecule has 2 aromatic heterocycles. The molecule has 0 fully saturated rings. The standard InChI is InChI=1S/C79H51B2N5/c1-50-76-63(80-61-40-22-25-43-67(61)85-65-41-23-20-38-58(65)72-60(52-28-10-3-11-29-52)47-70(74(80)78(72)85)83(76)56-34-16-6-17-35-56)48-64-77(50)84(57-36-18-7-19-37-57)71-49-69(82(54-30-12-4-13-31-54)55-32-14-5-15-33-55)73-59-39-21-24-42-66(59)86-68-46-53(51-26-8-2-9-27-51)44-45-62(68)81(64)75(71)79(73)86/h2-49H,1H3. The number of para-hydroxylation sites is 7. The zero-order valence-electron chi connectivity index (χ0n) is 47.1. The van der Waals surface area contributed by atoms with Crippen LogP contribution in [-0.2, 0) is 0 Å². The Hall–Kier alpha value is -11.0. The molecule has 4 aliphatic heterocycles. The Morgan fingerprint density at radius 1 is 0.326 bits per heavy atom. The number of benzene rings is 13. The van der Waals surface area contributed by atoms with Crippen LogP contribution < -0.4 is 47.5 Å². The molecule has 0 saturated heterocycles. The molecule has 15 aromatic rings. The van der Waals surface area contributed by atoms with E-state index in [1.165, 1.54) is 138 Å². The van der Waals surface area contributed by atoms with Crippen LogP contribution >= 0.6 is 0 Å². The van der Waals surface area contributed by atoms with Crippen molar-refractivity contribution in [1.29, 1.82) is 0 Å². The lowest BCUT2D eigenvalue weighted by Crippen LogP contribution is -2.65. The van der Waals surface area contributed by atoms with Gasteiger partial charge in [0.15, 0.2) is 0 Å². The van der Waals surface area contributed by atoms with Crippen molar-refractivity contribution in [3.8, 4) is 33.6 Å². The van der Waals surface area contributed by atoms with Crippen molar-refractivity contribution < 1.29 is 0 Å². The molecule has 0 aliphatic carbocycles. The van der Waals surface area contributed by atoms with Crippen LogP contribution in [0.3, 0.4) is 0 Å². The summed E-state index contributed by atoms with van der Waals surface area (Å²) < 4.78 is 5.22. The number of nitrogens with zero attached hydrogens (tertiary/aromatic N) is 5. The number of rotatable bonds is 7. The molecule has 0 saturated carbocycles. The average molecular weight is 1090 g/mol. The third-order valence-electron chi connectivity index (χ3n) is 19.1. The maximum absolute atomic E-state index is 2.68. The molecule has 5 nitrogen and oxygen atoms in total. The minimum atomic E-state index is -0.156. The summed E-state index contributed by atoms with van der Waals surface area (Å²) >= 11 is 0. The summed E-state index contributed by atoms with van der Waals surface area (Å²) in [6, 6.07) is 109. The molecule has 398 valence electrons. The second-order valence-electron chi connectivity index (χ2n) is 23.5. The molecule has 0 spiro atoms. The monoisotopic (exact) mass is 1090 g/mol. The minimum absolute atomic E-state index is 0.0986. The van der Waals surface area contributed by atoms with Gasteiger partial charge in [0.05, 0.1) is 27.8 Å². The molecular formula is C79H51B2N5. The number of hydrogen-bond donors (Lipinski definition) is 0. The first-order chi connectivity index (χ1) is 42.7. The lowest BCUT2D eigenvalue weighted by Gasteiger charge is -2.46. The number of aromatic nitrogens is 2. The van der Waals surface area contributed by atoms with Gasteiger partial charge < -0.3 is 23.8 Å². The van der Waals surface area contributed by atoms with Gasteiger partial charge in [0.2, 0.25) is 0 Å². The molecule has 19 rings (SSSR count). The van der Waals surface area contributed by atoms with E-state index in [-0.39, 0.29) is 13.4 Å². The first-order valence-corrected chi connectivity index (χ1v) is 30.0. The second-order valence-corrected chi connectivity index (χ2v) is 23.5. The number of anilines is 9. The Labute approximate surface area is 499 Å². The van der Waals surface area contributed by atoms with Gasteiger partial charge in [0.1, 0.15) is 0 Å². The predicted molar refractivity (Wildman–Crippen MR) is 364 cm³/mol. The fourth-order valence-corrected chi connectivity index (χ4v) is 15.9. The highest BCUT2D eigenvalue weighted by molar-refractivity contribution is 7.03. The van der Waals surface area contributed by atoms with E-state index in [0.717, 1.165) is 28.4 Å². The van der Waals surface area contributed by atoms with E-state index in [2.05, 4.69) is 322 Å². The molecule has 86 heavy (non-hydrogen) atoms. The molecule has 0 atom stereocenters. The van der Waals surface area contributed by atoms with E-state index in [0.29, 0.717) is 0 Å². The van der Waals surface area contributed by atoms with Crippen molar-refractivity contribution in [3.05, 3.63) is 297 Å². The molecule has 0 unspecified atom stereocenters. The van der Waals surface area contributed by atoms with E-state index in [1.807, 2.05) is 0 Å². The van der Waals surface area contributed by atoms with Crippen LogP contribution in [0.5, 0.6) is 0 Å². The van der Waals surface area contributed by atoms with Crippen molar-refractivity contribution >= 4 is 141 Å². The van der Waals surface area contributed by atoms with E-state index in [9.17, 15) is 0 Å². The van der Waals surface area contributed by atoms with Gasteiger partial charge in [0, 0.05) is 78.4 Å². The fraction of sp³-hybridized carbons (Fsp3) is 0.0127. The van der Waals surface area contributed by atoms with Crippen LogP contribution in [0, 0.1) is 6.92 Å². The van der Waals surface area contributed by atoms with Gasteiger partial charge in [0.25, 0.3) is 13.4 Å². The van der Waals surface area contributed by atoms with Crippen LogP contribution in [0.15, 0.2) is 291 Å². The Kier molecular flexibility index (Phi) is 9.94. The van der Waals surface area contributed by atoms with Gasteiger partial charge >= 0.3 is 0 Å². The average Bonchev–Trinajstić information content (AvgIpc) is 1.28. The Morgan fingerprint density at radius 3 is 1.37 bits per heavy atom. The first kappa shape index (κ1) is 47.5. The van der Waals surface area contributed by atoms with E-state index < -0.39 is 0 Å². The van der Waals surface area contributed by atoms with E-state index in [4.69, 9.17) is 0 Å². The Balaban J connectivity index is 0.999. The van der Waals surface area contributed by atoms with E-state index >= 15 is 0 Å². The smallest absolute Gasteiger partial charge is 0.252 e. The van der Waals surface area contributed by atoms with Gasteiger partial charge in [-0.2, -0.15) is 0 Å². The van der Waals surface area contributed by atoms with Crippen LogP contribution in [0.1, 0.15) is 5.56 Å². The maximum Gasteiger partial charge on any atom is 0.252 e. The second kappa shape index (κ2) is 18.0. The summed E-state index contributed by atoms with van der Waals surface area (Å²) in [5, 5.41) is 5.00. The normalized spacial score (nSPS) is 13.1. The largest absolute Gasteiger partial charge is 0.311 e. The Bertz CT molecular complexity index is 5280. The van der Waals surface area contributed by atoms with Gasteiger partial charge in [-0.1, -0.05) is 206 Å². The van der Waals surface area contributed by atoms with Crippen molar-refractivity contribution in [2.75, 3.05) is 14.7 Å². The van der Waals surface area contributed by atoms with Gasteiger partial charge in [-0.05, 0) is 152 Å². The highest BCUT2D eigenvalue weighted by atomic mass is 15.2. The summed E-state index contributed by atoms with van der Waals surface area (Å²) in [6.07, 6.45) is 0. The number of hydrogen-bond acceptors (Lipinski definition) is 3. The fourth-order valence-electron chi connectivity index (χ4n) is 15.9. The minimum Gasteiger partial charge on any atom is -0.311 e. The molecule has 0 bridgehead atoms. The topological polar surface area (TPSA) is 19.6 Å². The van der Waals surface area contributed by atoms with Crippen LogP contribution in [-0.4, -0.2) is 22.6 Å². The van der Waals surface area contributed by atoms with Gasteiger partial charge in [-0.25, -0.2) is 0 Å². The van der Waals surface area contributed by atoms with Crippen LogP contribution in [0.2, 0.25) is 0 Å². The van der Waals surface area contributed by atoms with Crippen molar-refractivity contribution in [2.45, 2.75) is 6.92 Å². The van der Waals surface area contributed by atoms with Crippen LogP contribution in [0.4, 0.5) is 51.2 Å². The quantitative estimate of drug-likeness (QED) is 0.148. The zero-order valence-corrected chi connectivity index (χ0v) is 47.1. The molecule has 0 N–H and O–H groups in total. The molecule has 7 heteroatoms. The summed E-state index contributed by atoms with van der Waals surface area (Å²) in [7, 11) is 0. The van der Waals surface area contributed by atoms with Gasteiger partial charge in [-0.15, -0.1) is 0 Å². The molecule has 0 radical (unpaired) electrons. The molecule has 6 heterocycles. The summed E-state index contributed by atoms with van der Waals surface area (Å²) in [4.78, 5) is 7.77. The van der Waals surface area contributed by atoms with E-state index in [1.54, 1.807) is 0 Å². The van der Waals surface area contributed by atoms with Gasteiger partial charge in [-0.3, -0.25) is 0 Å².